The second-order valence-electron chi connectivity index (χ2n) is 9.49. The summed E-state index contributed by atoms with van der Waals surface area (Å²) in [5.74, 6) is 0.667. The molecule has 1 atom stereocenters. The Hall–Kier alpha value is -3.10. The maximum atomic E-state index is 13.0. The molecule has 1 heterocycles. The lowest BCUT2D eigenvalue weighted by Gasteiger charge is -2.21. The SMILES string of the molecule is C=CCn1c(SCC(=O)Nc2c(C)cc(C)cc2C)nnc1[C@H](CC(C)C)NC(=O)c1ccccc1Cl. The van der Waals surface area contributed by atoms with E-state index in [9.17, 15) is 9.59 Å². The topological polar surface area (TPSA) is 88.9 Å². The maximum Gasteiger partial charge on any atom is 0.253 e. The van der Waals surface area contributed by atoms with Crippen molar-refractivity contribution in [2.45, 2.75) is 58.8 Å². The maximum absolute atomic E-state index is 13.0. The van der Waals surface area contributed by atoms with Gasteiger partial charge in [-0.1, -0.05) is 73.1 Å². The zero-order valence-electron chi connectivity index (χ0n) is 22.0. The second-order valence-corrected chi connectivity index (χ2v) is 10.8. The lowest BCUT2D eigenvalue weighted by atomic mass is 10.0. The molecule has 3 rings (SSSR count). The molecular formula is C28H34ClN5O2S. The number of hydrogen-bond acceptors (Lipinski definition) is 5. The molecule has 0 radical (unpaired) electrons. The number of hydrogen-bond donors (Lipinski definition) is 2. The van der Waals surface area contributed by atoms with Gasteiger partial charge in [-0.2, -0.15) is 0 Å². The summed E-state index contributed by atoms with van der Waals surface area (Å²) in [6.07, 6.45) is 2.40. The van der Waals surface area contributed by atoms with Gasteiger partial charge >= 0.3 is 0 Å². The van der Waals surface area contributed by atoms with Crippen molar-refractivity contribution in [2.75, 3.05) is 11.1 Å². The molecule has 9 heteroatoms. The molecule has 0 saturated carbocycles. The number of aryl methyl sites for hydroxylation is 3. The van der Waals surface area contributed by atoms with Crippen molar-refractivity contribution in [3.8, 4) is 0 Å². The molecule has 2 amide bonds. The van der Waals surface area contributed by atoms with Crippen LogP contribution >= 0.6 is 23.4 Å². The summed E-state index contributed by atoms with van der Waals surface area (Å²) in [4.78, 5) is 25.8. The molecule has 7 nitrogen and oxygen atoms in total. The molecule has 0 aliphatic rings. The summed E-state index contributed by atoms with van der Waals surface area (Å²) in [5, 5.41) is 15.9. The molecule has 1 aromatic heterocycles. The van der Waals surface area contributed by atoms with E-state index in [1.807, 2.05) is 25.3 Å². The van der Waals surface area contributed by atoms with Gasteiger partial charge in [0.1, 0.15) is 0 Å². The van der Waals surface area contributed by atoms with E-state index in [1.165, 1.54) is 11.8 Å². The quantitative estimate of drug-likeness (QED) is 0.221. The van der Waals surface area contributed by atoms with Crippen LogP contribution in [0.2, 0.25) is 5.02 Å². The van der Waals surface area contributed by atoms with E-state index in [0.717, 1.165) is 22.4 Å². The lowest BCUT2D eigenvalue weighted by molar-refractivity contribution is -0.113. The van der Waals surface area contributed by atoms with E-state index in [0.29, 0.717) is 34.5 Å². The molecule has 2 N–H and O–H groups in total. The minimum Gasteiger partial charge on any atom is -0.342 e. The van der Waals surface area contributed by atoms with E-state index >= 15 is 0 Å². The molecule has 0 fully saturated rings. The third-order valence-electron chi connectivity index (χ3n) is 5.77. The summed E-state index contributed by atoms with van der Waals surface area (Å²) in [6, 6.07) is 10.6. The first-order valence-electron chi connectivity index (χ1n) is 12.2. The first kappa shape index (κ1) is 28.5. The van der Waals surface area contributed by atoms with Crippen molar-refractivity contribution in [1.82, 2.24) is 20.1 Å². The predicted octanol–water partition coefficient (Wildman–Crippen LogP) is 6.29. The van der Waals surface area contributed by atoms with Crippen LogP contribution in [0.25, 0.3) is 0 Å². The monoisotopic (exact) mass is 539 g/mol. The van der Waals surface area contributed by atoms with Crippen LogP contribution in [-0.4, -0.2) is 32.3 Å². The van der Waals surface area contributed by atoms with Crippen molar-refractivity contribution in [3.05, 3.63) is 82.2 Å². The molecule has 37 heavy (non-hydrogen) atoms. The summed E-state index contributed by atoms with van der Waals surface area (Å²) in [6.45, 7) is 14.5. The number of thioether (sulfide) groups is 1. The van der Waals surface area contributed by atoms with E-state index < -0.39 is 6.04 Å². The molecule has 196 valence electrons. The minimum absolute atomic E-state index is 0.125. The van der Waals surface area contributed by atoms with Gasteiger partial charge in [-0.25, -0.2) is 0 Å². The van der Waals surface area contributed by atoms with Gasteiger partial charge in [0.05, 0.1) is 22.4 Å². The normalized spacial score (nSPS) is 11.9. The Morgan fingerprint density at radius 2 is 1.81 bits per heavy atom. The zero-order chi connectivity index (χ0) is 27.1. The highest BCUT2D eigenvalue weighted by molar-refractivity contribution is 7.99. The number of amides is 2. The summed E-state index contributed by atoms with van der Waals surface area (Å²) < 4.78 is 1.90. The smallest absolute Gasteiger partial charge is 0.253 e. The second kappa shape index (κ2) is 12.9. The third kappa shape index (κ3) is 7.46. The minimum atomic E-state index is -0.391. The van der Waals surface area contributed by atoms with E-state index in [4.69, 9.17) is 11.6 Å². The van der Waals surface area contributed by atoms with Crippen LogP contribution in [0.1, 0.15) is 59.2 Å². The van der Waals surface area contributed by atoms with Gasteiger partial charge in [0.25, 0.3) is 5.91 Å². The van der Waals surface area contributed by atoms with Gasteiger partial charge in [-0.05, 0) is 56.4 Å². The van der Waals surface area contributed by atoms with Crippen LogP contribution in [0.3, 0.4) is 0 Å². The molecule has 0 unspecified atom stereocenters. The van der Waals surface area contributed by atoms with Gasteiger partial charge in [-0.3, -0.25) is 9.59 Å². The van der Waals surface area contributed by atoms with Gasteiger partial charge in [0.2, 0.25) is 5.91 Å². The number of carbonyl (C=O) groups is 2. The average molecular weight is 540 g/mol. The number of aromatic nitrogens is 3. The Kier molecular flexibility index (Phi) is 9.94. The summed E-state index contributed by atoms with van der Waals surface area (Å²) in [7, 11) is 0. The molecule has 0 spiro atoms. The molecule has 0 bridgehead atoms. The molecule has 0 aliphatic carbocycles. The molecule has 3 aromatic rings. The lowest BCUT2D eigenvalue weighted by Crippen LogP contribution is -2.32. The van der Waals surface area contributed by atoms with Crippen LogP contribution < -0.4 is 10.6 Å². The number of nitrogens with one attached hydrogen (secondary N) is 2. The first-order chi connectivity index (χ1) is 17.6. The van der Waals surface area contributed by atoms with Gasteiger partial charge in [0, 0.05) is 12.2 Å². The highest BCUT2D eigenvalue weighted by Gasteiger charge is 2.25. The number of nitrogens with zero attached hydrogens (tertiary/aromatic N) is 3. The fourth-order valence-corrected chi connectivity index (χ4v) is 5.21. The molecule has 0 aliphatic heterocycles. The van der Waals surface area contributed by atoms with E-state index in [2.05, 4.69) is 53.4 Å². The van der Waals surface area contributed by atoms with Crippen LogP contribution in [0.5, 0.6) is 0 Å². The number of halogens is 1. The van der Waals surface area contributed by atoms with Crippen LogP contribution in [-0.2, 0) is 11.3 Å². The number of carbonyl (C=O) groups excluding carboxylic acids is 2. The standard InChI is InChI=1S/C28H34ClN5O2S/c1-7-12-34-26(23(13-17(2)3)30-27(36)21-10-8-9-11-22(21)29)32-33-28(34)37-16-24(35)31-25-19(5)14-18(4)15-20(25)6/h7-11,14-15,17,23H,1,12-13,16H2,2-6H3,(H,30,36)(H,31,35)/t23-/m0/s1. The van der Waals surface area contributed by atoms with Crippen molar-refractivity contribution >= 4 is 40.9 Å². The van der Waals surface area contributed by atoms with E-state index in [-0.39, 0.29) is 23.5 Å². The number of rotatable bonds is 11. The molecular weight excluding hydrogens is 506 g/mol. The van der Waals surface area contributed by atoms with Crippen LogP contribution in [0.15, 0.2) is 54.2 Å². The van der Waals surface area contributed by atoms with Crippen molar-refractivity contribution in [1.29, 1.82) is 0 Å². The van der Waals surface area contributed by atoms with Crippen LogP contribution in [0, 0.1) is 26.7 Å². The van der Waals surface area contributed by atoms with Gasteiger partial charge in [0.15, 0.2) is 11.0 Å². The zero-order valence-corrected chi connectivity index (χ0v) is 23.5. The van der Waals surface area contributed by atoms with E-state index in [1.54, 1.807) is 30.3 Å². The highest BCUT2D eigenvalue weighted by atomic mass is 35.5. The van der Waals surface area contributed by atoms with Gasteiger partial charge < -0.3 is 15.2 Å². The summed E-state index contributed by atoms with van der Waals surface area (Å²) >= 11 is 7.55. The Bertz CT molecular complexity index is 1260. The van der Waals surface area contributed by atoms with Crippen LogP contribution in [0.4, 0.5) is 5.69 Å². The first-order valence-corrected chi connectivity index (χ1v) is 13.6. The van der Waals surface area contributed by atoms with Gasteiger partial charge in [-0.15, -0.1) is 16.8 Å². The number of allylic oxidation sites excluding steroid dienone is 1. The Morgan fingerprint density at radius 3 is 2.43 bits per heavy atom. The number of anilines is 1. The Balaban J connectivity index is 1.79. The largest absolute Gasteiger partial charge is 0.342 e. The third-order valence-corrected chi connectivity index (χ3v) is 7.07. The highest BCUT2D eigenvalue weighted by Crippen LogP contribution is 2.27. The Labute approximate surface area is 228 Å². The summed E-state index contributed by atoms with van der Waals surface area (Å²) in [5.41, 5.74) is 4.45. The Morgan fingerprint density at radius 1 is 1.14 bits per heavy atom. The average Bonchev–Trinajstić information content (AvgIpc) is 3.22. The molecule has 2 aromatic carbocycles. The predicted molar refractivity (Wildman–Crippen MR) is 151 cm³/mol. The van der Waals surface area contributed by atoms with Crippen molar-refractivity contribution in [2.24, 2.45) is 5.92 Å². The molecule has 0 saturated heterocycles. The fraction of sp³-hybridized carbons (Fsp3) is 0.357. The van der Waals surface area contributed by atoms with Crippen molar-refractivity contribution < 1.29 is 9.59 Å². The fourth-order valence-electron chi connectivity index (χ4n) is 4.23. The van der Waals surface area contributed by atoms with Crippen molar-refractivity contribution in [3.63, 3.8) is 0 Å². The number of benzene rings is 2.